The van der Waals surface area contributed by atoms with Gasteiger partial charge in [0.05, 0.1) is 19.2 Å². The van der Waals surface area contributed by atoms with Gasteiger partial charge in [-0.25, -0.2) is 4.99 Å². The molecular formula is C33H43N7O7. The molecule has 0 radical (unpaired) electrons. The third-order valence-corrected chi connectivity index (χ3v) is 8.74. The number of amides is 5. The summed E-state index contributed by atoms with van der Waals surface area (Å²) in [6.45, 7) is 7.47. The Morgan fingerprint density at radius 1 is 0.957 bits per heavy atom. The highest BCUT2D eigenvalue weighted by molar-refractivity contribution is 6.09. The number of esters is 1. The average molecular weight is 650 g/mol. The summed E-state index contributed by atoms with van der Waals surface area (Å²) in [5, 5.41) is 20.8. The molecule has 0 aliphatic carbocycles. The Morgan fingerprint density at radius 3 is 2.28 bits per heavy atom. The summed E-state index contributed by atoms with van der Waals surface area (Å²) in [6.07, 6.45) is 0.423. The van der Waals surface area contributed by atoms with Crippen LogP contribution in [-0.4, -0.2) is 90.0 Å². The summed E-state index contributed by atoms with van der Waals surface area (Å²) in [4.78, 5) is 87.2. The third-order valence-electron chi connectivity index (χ3n) is 8.74. The van der Waals surface area contributed by atoms with Crippen molar-refractivity contribution in [3.63, 3.8) is 0 Å². The molecule has 14 nitrogen and oxygen atoms in total. The topological polar surface area (TPSA) is 199 Å². The van der Waals surface area contributed by atoms with Crippen LogP contribution in [0.15, 0.2) is 29.3 Å². The number of nitriles is 1. The fourth-order valence-corrected chi connectivity index (χ4v) is 6.29. The van der Waals surface area contributed by atoms with Crippen molar-refractivity contribution in [1.29, 1.82) is 5.26 Å². The molecule has 4 N–H and O–H groups in total. The molecule has 0 bridgehead atoms. The molecule has 3 heterocycles. The predicted octanol–water partition coefficient (Wildman–Crippen LogP) is 0.979. The van der Waals surface area contributed by atoms with E-state index in [1.54, 1.807) is 38.1 Å². The monoisotopic (exact) mass is 649 g/mol. The molecule has 47 heavy (non-hydrogen) atoms. The van der Waals surface area contributed by atoms with Gasteiger partial charge in [-0.2, -0.15) is 5.26 Å². The van der Waals surface area contributed by atoms with E-state index in [9.17, 15) is 34.0 Å². The number of hydrogen-bond acceptors (Lipinski definition) is 9. The van der Waals surface area contributed by atoms with Gasteiger partial charge in [-0.05, 0) is 49.1 Å². The first kappa shape index (κ1) is 35.1. The standard InChI is InChI=1S/C33H43N7O7/c1-17(2)13-22-29(42)36-23(14-20-19-9-6-7-10-21(19)35-25(20)16-34)30(43)38-24(15-27(41)47-5)33(46)40-12-8-11-26(40)31(44)39-28(18(3)4)32(45)37-22/h6-7,9-10,17-18,20,22-24,26,28H,8,11-15H2,1-5H3,(H,36,42)(H,37,45)(H,38,43)(H,39,44)/t20?,22-,23+,24+,26-,28+/m0/s1. The number of ether oxygens (including phenoxy) is 1. The third kappa shape index (κ3) is 8.14. The zero-order valence-corrected chi connectivity index (χ0v) is 27.4. The first-order valence-corrected chi connectivity index (χ1v) is 16.0. The summed E-state index contributed by atoms with van der Waals surface area (Å²) >= 11 is 0. The molecule has 6 atom stereocenters. The molecule has 1 aromatic carbocycles. The minimum absolute atomic E-state index is 0.0411. The van der Waals surface area contributed by atoms with Gasteiger partial charge < -0.3 is 30.9 Å². The Balaban J connectivity index is 1.78. The van der Waals surface area contributed by atoms with E-state index in [0.29, 0.717) is 24.1 Å². The van der Waals surface area contributed by atoms with Crippen LogP contribution in [0.4, 0.5) is 5.69 Å². The first-order chi connectivity index (χ1) is 22.3. The Morgan fingerprint density at radius 2 is 1.62 bits per heavy atom. The molecule has 0 aromatic heterocycles. The second-order valence-electron chi connectivity index (χ2n) is 13.0. The molecule has 2 fully saturated rings. The molecule has 3 aliphatic rings. The molecule has 14 heteroatoms. The second kappa shape index (κ2) is 15.2. The van der Waals surface area contributed by atoms with Crippen LogP contribution >= 0.6 is 0 Å². The molecule has 4 rings (SSSR count). The number of methoxy groups -OCH3 is 1. The van der Waals surface area contributed by atoms with Crippen LogP contribution in [0.3, 0.4) is 0 Å². The normalized spacial score (nSPS) is 27.0. The lowest BCUT2D eigenvalue weighted by Gasteiger charge is -2.30. The van der Waals surface area contributed by atoms with Crippen LogP contribution in [0.25, 0.3) is 0 Å². The van der Waals surface area contributed by atoms with Crippen LogP contribution in [0.5, 0.6) is 0 Å². The quantitative estimate of drug-likeness (QED) is 0.313. The van der Waals surface area contributed by atoms with Gasteiger partial charge in [0.15, 0.2) is 0 Å². The minimum Gasteiger partial charge on any atom is -0.469 e. The summed E-state index contributed by atoms with van der Waals surface area (Å²) in [6, 6.07) is 3.42. The lowest BCUT2D eigenvalue weighted by molar-refractivity contribution is -0.147. The SMILES string of the molecule is COC(=O)C[C@H]1NC(=O)[C@@H](CC2C(C#N)=Nc3ccccc32)NC(=O)[C@H](CC(C)C)NC(=O)[C@@H](C(C)C)NC(=O)[C@@H]2CCCN2C1=O. The highest BCUT2D eigenvalue weighted by Gasteiger charge is 2.42. The van der Waals surface area contributed by atoms with E-state index in [1.807, 2.05) is 13.8 Å². The number of hydrogen-bond donors (Lipinski definition) is 4. The summed E-state index contributed by atoms with van der Waals surface area (Å²) < 4.78 is 4.81. The van der Waals surface area contributed by atoms with Crippen molar-refractivity contribution in [2.75, 3.05) is 13.7 Å². The number of para-hydroxylation sites is 1. The van der Waals surface area contributed by atoms with Crippen LogP contribution < -0.4 is 21.3 Å². The van der Waals surface area contributed by atoms with E-state index in [-0.39, 0.29) is 36.9 Å². The van der Waals surface area contributed by atoms with E-state index in [4.69, 9.17) is 4.74 Å². The minimum atomic E-state index is -1.42. The van der Waals surface area contributed by atoms with Gasteiger partial charge in [0.25, 0.3) is 0 Å². The lowest BCUT2D eigenvalue weighted by Crippen LogP contribution is -2.59. The molecule has 1 unspecified atom stereocenters. The first-order valence-electron chi connectivity index (χ1n) is 16.0. The number of fused-ring (bicyclic) bond motifs is 2. The fourth-order valence-electron chi connectivity index (χ4n) is 6.29. The van der Waals surface area contributed by atoms with Crippen LogP contribution in [0.1, 0.15) is 71.3 Å². The zero-order valence-electron chi connectivity index (χ0n) is 27.4. The van der Waals surface area contributed by atoms with Crippen LogP contribution in [0.2, 0.25) is 0 Å². The fraction of sp³-hybridized carbons (Fsp3) is 0.576. The highest BCUT2D eigenvalue weighted by atomic mass is 16.5. The van der Waals surface area contributed by atoms with Gasteiger partial charge in [0.1, 0.15) is 42.0 Å². The van der Waals surface area contributed by atoms with Crippen molar-refractivity contribution in [3.8, 4) is 6.07 Å². The molecular weight excluding hydrogens is 606 g/mol. The van der Waals surface area contributed by atoms with Crippen molar-refractivity contribution in [3.05, 3.63) is 29.8 Å². The summed E-state index contributed by atoms with van der Waals surface area (Å²) in [5.41, 5.74) is 1.42. The smallest absolute Gasteiger partial charge is 0.308 e. The molecule has 5 amide bonds. The number of rotatable bonds is 7. The van der Waals surface area contributed by atoms with Gasteiger partial charge in [-0.3, -0.25) is 28.8 Å². The lowest BCUT2D eigenvalue weighted by atomic mass is 9.89. The van der Waals surface area contributed by atoms with E-state index >= 15 is 0 Å². The van der Waals surface area contributed by atoms with E-state index in [1.165, 1.54) is 4.90 Å². The average Bonchev–Trinajstić information content (AvgIpc) is 3.66. The van der Waals surface area contributed by atoms with Gasteiger partial charge in [0, 0.05) is 12.5 Å². The van der Waals surface area contributed by atoms with Crippen molar-refractivity contribution in [1.82, 2.24) is 26.2 Å². The Labute approximate surface area is 274 Å². The Bertz CT molecular complexity index is 1480. The predicted molar refractivity (Wildman–Crippen MR) is 170 cm³/mol. The second-order valence-corrected chi connectivity index (χ2v) is 13.0. The van der Waals surface area contributed by atoms with Crippen molar-refractivity contribution in [2.24, 2.45) is 16.8 Å². The summed E-state index contributed by atoms with van der Waals surface area (Å²) in [7, 11) is 1.15. The summed E-state index contributed by atoms with van der Waals surface area (Å²) in [5.74, 6) is -5.06. The van der Waals surface area contributed by atoms with E-state index in [0.717, 1.165) is 7.11 Å². The molecule has 2 saturated heterocycles. The number of nitrogens with one attached hydrogen (secondary N) is 4. The van der Waals surface area contributed by atoms with Crippen molar-refractivity contribution >= 4 is 46.9 Å². The molecule has 3 aliphatic heterocycles. The van der Waals surface area contributed by atoms with Gasteiger partial charge in [-0.1, -0.05) is 45.9 Å². The van der Waals surface area contributed by atoms with Crippen LogP contribution in [0, 0.1) is 23.2 Å². The van der Waals surface area contributed by atoms with Crippen LogP contribution in [-0.2, 0) is 33.5 Å². The van der Waals surface area contributed by atoms with Gasteiger partial charge in [0.2, 0.25) is 29.5 Å². The van der Waals surface area contributed by atoms with Gasteiger partial charge in [-0.15, -0.1) is 0 Å². The van der Waals surface area contributed by atoms with E-state index < -0.39 is 78.1 Å². The zero-order chi connectivity index (χ0) is 34.4. The molecule has 1 aromatic rings. The Hall–Kier alpha value is -4.80. The maximum Gasteiger partial charge on any atom is 0.308 e. The molecule has 0 spiro atoms. The maximum atomic E-state index is 14.1. The highest BCUT2D eigenvalue weighted by Crippen LogP contribution is 2.38. The van der Waals surface area contributed by atoms with Gasteiger partial charge >= 0.3 is 5.97 Å². The van der Waals surface area contributed by atoms with Crippen molar-refractivity contribution in [2.45, 2.75) is 95.9 Å². The number of aliphatic imine (C=N–C) groups is 1. The number of carbonyl (C=O) groups excluding carboxylic acids is 6. The molecule has 252 valence electrons. The molecule has 0 saturated carbocycles. The largest absolute Gasteiger partial charge is 0.469 e. The Kier molecular flexibility index (Phi) is 11.3. The number of carbonyl (C=O) groups is 6. The maximum absolute atomic E-state index is 14.1. The van der Waals surface area contributed by atoms with Crippen molar-refractivity contribution < 1.29 is 33.5 Å². The number of nitrogens with zero attached hydrogens (tertiary/aromatic N) is 3. The van der Waals surface area contributed by atoms with E-state index in [2.05, 4.69) is 32.3 Å². The number of benzene rings is 1.